The lowest BCUT2D eigenvalue weighted by Gasteiger charge is -2.37. The van der Waals surface area contributed by atoms with Crippen molar-refractivity contribution < 1.29 is 9.53 Å². The number of hydrogen-bond acceptors (Lipinski definition) is 4. The van der Waals surface area contributed by atoms with E-state index in [9.17, 15) is 4.79 Å². The molecule has 0 N–H and O–H groups in total. The van der Waals surface area contributed by atoms with Gasteiger partial charge in [0.05, 0.1) is 10.5 Å². The standard InChI is InChI=1S/C17H22O2S2/c18-16(15-9-12-3-1-2-4-14(12)21-15)13-5-7-19-17(10-13)6-8-20-11-17/h9,13H,1-8,10-11H2. The first-order valence-corrected chi connectivity index (χ1v) is 10.1. The van der Waals surface area contributed by atoms with Gasteiger partial charge in [0.25, 0.3) is 0 Å². The minimum atomic E-state index is 0.0140. The molecule has 1 aromatic rings. The van der Waals surface area contributed by atoms with E-state index in [0.29, 0.717) is 5.78 Å². The molecule has 4 rings (SSSR count). The van der Waals surface area contributed by atoms with Gasteiger partial charge in [0.1, 0.15) is 0 Å². The fourth-order valence-corrected chi connectivity index (χ4v) is 6.58. The zero-order valence-electron chi connectivity index (χ0n) is 12.4. The second-order valence-electron chi connectivity index (χ2n) is 6.65. The summed E-state index contributed by atoms with van der Waals surface area (Å²) in [5.41, 5.74) is 1.47. The molecular weight excluding hydrogens is 300 g/mol. The van der Waals surface area contributed by atoms with Gasteiger partial charge >= 0.3 is 0 Å². The van der Waals surface area contributed by atoms with Crippen molar-refractivity contribution in [2.45, 2.75) is 50.5 Å². The number of fused-ring (bicyclic) bond motifs is 1. The van der Waals surface area contributed by atoms with Crippen LogP contribution in [0.3, 0.4) is 0 Å². The van der Waals surface area contributed by atoms with Crippen LogP contribution >= 0.6 is 23.1 Å². The van der Waals surface area contributed by atoms with Gasteiger partial charge in [-0.25, -0.2) is 0 Å². The molecule has 0 saturated carbocycles. The average molecular weight is 322 g/mol. The number of carbonyl (C=O) groups excluding carboxylic acids is 1. The molecule has 2 aliphatic heterocycles. The van der Waals surface area contributed by atoms with Crippen molar-refractivity contribution in [3.63, 3.8) is 0 Å². The van der Waals surface area contributed by atoms with Gasteiger partial charge in [-0.15, -0.1) is 11.3 Å². The maximum atomic E-state index is 12.9. The normalized spacial score (nSPS) is 32.3. The van der Waals surface area contributed by atoms with Crippen molar-refractivity contribution in [3.8, 4) is 0 Å². The molecular formula is C17H22O2S2. The second-order valence-corrected chi connectivity index (χ2v) is 8.90. The van der Waals surface area contributed by atoms with Crippen LogP contribution in [-0.2, 0) is 17.6 Å². The topological polar surface area (TPSA) is 26.3 Å². The third kappa shape index (κ3) is 2.71. The first-order valence-electron chi connectivity index (χ1n) is 8.13. The van der Waals surface area contributed by atoms with E-state index in [0.717, 1.165) is 36.5 Å². The summed E-state index contributed by atoms with van der Waals surface area (Å²) in [5.74, 6) is 2.86. The quantitative estimate of drug-likeness (QED) is 0.767. The summed E-state index contributed by atoms with van der Waals surface area (Å²) in [6, 6.07) is 2.20. The predicted octanol–water partition coefficient (Wildman–Crippen LogP) is 4.11. The fourth-order valence-electron chi connectivity index (χ4n) is 3.93. The molecule has 2 saturated heterocycles. The van der Waals surface area contributed by atoms with Gasteiger partial charge in [-0.1, -0.05) is 0 Å². The smallest absolute Gasteiger partial charge is 0.176 e. The third-order valence-electron chi connectivity index (χ3n) is 5.17. The van der Waals surface area contributed by atoms with Gasteiger partial charge in [-0.2, -0.15) is 11.8 Å². The Morgan fingerprint density at radius 3 is 3.05 bits per heavy atom. The maximum Gasteiger partial charge on any atom is 0.176 e. The molecule has 1 spiro atoms. The summed E-state index contributed by atoms with van der Waals surface area (Å²) in [4.78, 5) is 15.4. The fraction of sp³-hybridized carbons (Fsp3) is 0.706. The highest BCUT2D eigenvalue weighted by Crippen LogP contribution is 2.42. The number of carbonyl (C=O) groups is 1. The molecule has 2 nitrogen and oxygen atoms in total. The Hall–Kier alpha value is -0.320. The van der Waals surface area contributed by atoms with E-state index in [4.69, 9.17) is 4.74 Å². The summed E-state index contributed by atoms with van der Waals surface area (Å²) in [7, 11) is 0. The summed E-state index contributed by atoms with van der Waals surface area (Å²) in [5, 5.41) is 0. The number of aryl methyl sites for hydroxylation is 2. The first-order chi connectivity index (χ1) is 10.3. The minimum Gasteiger partial charge on any atom is -0.374 e. The van der Waals surface area contributed by atoms with E-state index in [1.54, 1.807) is 11.3 Å². The van der Waals surface area contributed by atoms with Crippen molar-refractivity contribution in [2.24, 2.45) is 5.92 Å². The highest BCUT2D eigenvalue weighted by atomic mass is 32.2. The van der Waals surface area contributed by atoms with Crippen LogP contribution in [0.15, 0.2) is 6.07 Å². The van der Waals surface area contributed by atoms with Crippen LogP contribution in [-0.4, -0.2) is 29.5 Å². The Balaban J connectivity index is 1.52. The number of rotatable bonds is 2. The molecule has 0 aromatic carbocycles. The molecule has 114 valence electrons. The Morgan fingerprint density at radius 2 is 2.24 bits per heavy atom. The molecule has 21 heavy (non-hydrogen) atoms. The Morgan fingerprint density at radius 1 is 1.33 bits per heavy atom. The minimum absolute atomic E-state index is 0.0140. The number of thioether (sulfide) groups is 1. The Labute approximate surface area is 134 Å². The van der Waals surface area contributed by atoms with Gasteiger partial charge in [0.15, 0.2) is 5.78 Å². The number of Topliss-reactive ketones (excluding diaryl/α,β-unsaturated/α-hetero) is 1. The Kier molecular flexibility index (Phi) is 3.88. The molecule has 3 heterocycles. The van der Waals surface area contributed by atoms with Gasteiger partial charge in [0.2, 0.25) is 0 Å². The molecule has 1 aliphatic carbocycles. The van der Waals surface area contributed by atoms with E-state index in [1.807, 2.05) is 11.8 Å². The zero-order valence-corrected chi connectivity index (χ0v) is 14.0. The molecule has 0 amide bonds. The molecule has 2 atom stereocenters. The van der Waals surface area contributed by atoms with Crippen LogP contribution in [0.2, 0.25) is 0 Å². The molecule has 3 aliphatic rings. The van der Waals surface area contributed by atoms with Gasteiger partial charge in [0, 0.05) is 23.2 Å². The number of thiophene rings is 1. The van der Waals surface area contributed by atoms with Crippen LogP contribution in [0.25, 0.3) is 0 Å². The summed E-state index contributed by atoms with van der Waals surface area (Å²) < 4.78 is 6.05. The van der Waals surface area contributed by atoms with E-state index in [1.165, 1.54) is 41.9 Å². The second kappa shape index (κ2) is 5.71. The number of ether oxygens (including phenoxy) is 1. The highest BCUT2D eigenvalue weighted by Gasteiger charge is 2.42. The van der Waals surface area contributed by atoms with E-state index < -0.39 is 0 Å². The van der Waals surface area contributed by atoms with Crippen molar-refractivity contribution in [1.29, 1.82) is 0 Å². The molecule has 2 fully saturated rings. The largest absolute Gasteiger partial charge is 0.374 e. The van der Waals surface area contributed by atoms with Crippen molar-refractivity contribution in [2.75, 3.05) is 18.1 Å². The van der Waals surface area contributed by atoms with Crippen molar-refractivity contribution in [3.05, 3.63) is 21.4 Å². The van der Waals surface area contributed by atoms with E-state index >= 15 is 0 Å². The lowest BCUT2D eigenvalue weighted by Crippen LogP contribution is -2.41. The molecule has 1 aromatic heterocycles. The molecule has 4 heteroatoms. The SMILES string of the molecule is O=C(c1cc2c(s1)CCCC2)C1CCOC2(CCSC2)C1. The van der Waals surface area contributed by atoms with Crippen LogP contribution in [0.5, 0.6) is 0 Å². The van der Waals surface area contributed by atoms with Crippen molar-refractivity contribution >= 4 is 28.9 Å². The van der Waals surface area contributed by atoms with Crippen molar-refractivity contribution in [1.82, 2.24) is 0 Å². The maximum absolute atomic E-state index is 12.9. The van der Waals surface area contributed by atoms with Crippen LogP contribution in [0, 0.1) is 5.92 Å². The lowest BCUT2D eigenvalue weighted by molar-refractivity contribution is -0.0734. The van der Waals surface area contributed by atoms with Crippen LogP contribution in [0.4, 0.5) is 0 Å². The average Bonchev–Trinajstić information content (AvgIpc) is 3.13. The molecule has 2 unspecified atom stereocenters. The third-order valence-corrected chi connectivity index (χ3v) is 7.65. The van der Waals surface area contributed by atoms with Gasteiger partial charge in [-0.3, -0.25) is 4.79 Å². The molecule has 0 radical (unpaired) electrons. The number of hydrogen-bond donors (Lipinski definition) is 0. The lowest BCUT2D eigenvalue weighted by atomic mass is 9.82. The van der Waals surface area contributed by atoms with Gasteiger partial charge < -0.3 is 4.74 Å². The zero-order chi connectivity index (χ0) is 14.3. The van der Waals surface area contributed by atoms with Gasteiger partial charge in [-0.05, 0) is 62.3 Å². The highest BCUT2D eigenvalue weighted by molar-refractivity contribution is 7.99. The Bertz CT molecular complexity index is 519. The van der Waals surface area contributed by atoms with Crippen LogP contribution in [0.1, 0.15) is 52.2 Å². The summed E-state index contributed by atoms with van der Waals surface area (Å²) >= 11 is 3.75. The first kappa shape index (κ1) is 14.3. The summed E-state index contributed by atoms with van der Waals surface area (Å²) in [6.07, 6.45) is 7.92. The number of ketones is 1. The molecule has 0 bridgehead atoms. The van der Waals surface area contributed by atoms with Crippen LogP contribution < -0.4 is 0 Å². The monoisotopic (exact) mass is 322 g/mol. The summed E-state index contributed by atoms with van der Waals surface area (Å²) in [6.45, 7) is 0.766. The predicted molar refractivity (Wildman–Crippen MR) is 88.6 cm³/mol. The van der Waals surface area contributed by atoms with E-state index in [2.05, 4.69) is 6.07 Å². The van der Waals surface area contributed by atoms with E-state index in [-0.39, 0.29) is 11.5 Å².